The zero-order chi connectivity index (χ0) is 15.7. The molecule has 0 radical (unpaired) electrons. The molecule has 116 valence electrons. The van der Waals surface area contributed by atoms with Crippen molar-refractivity contribution in [2.45, 2.75) is 26.3 Å². The molecule has 0 saturated carbocycles. The van der Waals surface area contributed by atoms with Crippen LogP contribution >= 0.6 is 0 Å². The van der Waals surface area contributed by atoms with Gasteiger partial charge in [-0.3, -0.25) is 0 Å². The molecule has 6 nitrogen and oxygen atoms in total. The Morgan fingerprint density at radius 2 is 1.95 bits per heavy atom. The topological polar surface area (TPSA) is 76.7 Å². The van der Waals surface area contributed by atoms with Crippen molar-refractivity contribution in [2.24, 2.45) is 0 Å². The third-order valence-electron chi connectivity index (χ3n) is 2.94. The summed E-state index contributed by atoms with van der Waals surface area (Å²) in [5.74, 6) is -0.0286. The summed E-state index contributed by atoms with van der Waals surface area (Å²) in [6.45, 7) is 3.04. The van der Waals surface area contributed by atoms with Gasteiger partial charge in [-0.05, 0) is 24.1 Å². The Labute approximate surface area is 124 Å². The van der Waals surface area contributed by atoms with Gasteiger partial charge in [0.1, 0.15) is 11.3 Å². The lowest BCUT2D eigenvalue weighted by Gasteiger charge is -2.10. The highest BCUT2D eigenvalue weighted by atomic mass is 16.5. The second-order valence-corrected chi connectivity index (χ2v) is 4.49. The normalized spacial score (nSPS) is 9.86. The van der Waals surface area contributed by atoms with Gasteiger partial charge in [0.2, 0.25) is 0 Å². The SMILES string of the molecule is CCCCNC(=O)NCc1ccc(OC)c(C(=O)OC)c1. The minimum Gasteiger partial charge on any atom is -0.496 e. The molecule has 0 atom stereocenters. The van der Waals surface area contributed by atoms with Gasteiger partial charge in [0.15, 0.2) is 0 Å². The molecule has 0 heterocycles. The van der Waals surface area contributed by atoms with Crippen LogP contribution in [0.15, 0.2) is 18.2 Å². The van der Waals surface area contributed by atoms with E-state index in [-0.39, 0.29) is 6.03 Å². The van der Waals surface area contributed by atoms with Crippen molar-refractivity contribution >= 4 is 12.0 Å². The molecule has 0 unspecified atom stereocenters. The number of rotatable bonds is 7. The lowest BCUT2D eigenvalue weighted by Crippen LogP contribution is -2.35. The summed E-state index contributed by atoms with van der Waals surface area (Å²) in [5.41, 5.74) is 1.13. The summed E-state index contributed by atoms with van der Waals surface area (Å²) in [7, 11) is 2.80. The largest absolute Gasteiger partial charge is 0.496 e. The van der Waals surface area contributed by atoms with Gasteiger partial charge >= 0.3 is 12.0 Å². The molecule has 0 aliphatic carbocycles. The average Bonchev–Trinajstić information content (AvgIpc) is 2.52. The molecule has 0 aliphatic rings. The molecule has 1 aromatic carbocycles. The maximum absolute atomic E-state index is 11.7. The van der Waals surface area contributed by atoms with Crippen molar-refractivity contribution < 1.29 is 19.1 Å². The number of hydrogen-bond donors (Lipinski definition) is 2. The van der Waals surface area contributed by atoms with Crippen LogP contribution in [0.4, 0.5) is 4.79 Å². The number of methoxy groups -OCH3 is 2. The van der Waals surface area contributed by atoms with E-state index in [0.717, 1.165) is 18.4 Å². The summed E-state index contributed by atoms with van der Waals surface area (Å²) in [6, 6.07) is 4.89. The van der Waals surface area contributed by atoms with E-state index in [1.54, 1.807) is 18.2 Å². The van der Waals surface area contributed by atoms with Crippen molar-refractivity contribution in [1.29, 1.82) is 0 Å². The minimum atomic E-state index is -0.471. The van der Waals surface area contributed by atoms with Gasteiger partial charge < -0.3 is 20.1 Å². The van der Waals surface area contributed by atoms with Gasteiger partial charge in [-0.15, -0.1) is 0 Å². The number of unbranched alkanes of at least 4 members (excludes halogenated alkanes) is 1. The highest BCUT2D eigenvalue weighted by Crippen LogP contribution is 2.20. The first-order valence-corrected chi connectivity index (χ1v) is 6.89. The Morgan fingerprint density at radius 3 is 2.57 bits per heavy atom. The van der Waals surface area contributed by atoms with Crippen LogP contribution in [0.5, 0.6) is 5.75 Å². The number of benzene rings is 1. The van der Waals surface area contributed by atoms with E-state index in [2.05, 4.69) is 17.6 Å². The molecular formula is C15H22N2O4. The average molecular weight is 294 g/mol. The van der Waals surface area contributed by atoms with Crippen molar-refractivity contribution in [3.8, 4) is 5.75 Å². The Kier molecular flexibility index (Phi) is 7.08. The fourth-order valence-electron chi connectivity index (χ4n) is 1.76. The smallest absolute Gasteiger partial charge is 0.341 e. The molecular weight excluding hydrogens is 272 g/mol. The van der Waals surface area contributed by atoms with Gasteiger partial charge in [0.05, 0.1) is 14.2 Å². The fourth-order valence-corrected chi connectivity index (χ4v) is 1.76. The second-order valence-electron chi connectivity index (χ2n) is 4.49. The Morgan fingerprint density at radius 1 is 1.19 bits per heavy atom. The fraction of sp³-hybridized carbons (Fsp3) is 0.467. The van der Waals surface area contributed by atoms with Crippen molar-refractivity contribution in [2.75, 3.05) is 20.8 Å². The number of carbonyl (C=O) groups excluding carboxylic acids is 2. The number of amides is 2. The van der Waals surface area contributed by atoms with Crippen molar-refractivity contribution in [3.05, 3.63) is 29.3 Å². The van der Waals surface area contributed by atoms with Crippen LogP contribution in [-0.4, -0.2) is 32.8 Å². The standard InChI is InChI=1S/C15H22N2O4/c1-4-5-8-16-15(19)17-10-11-6-7-13(20-2)12(9-11)14(18)21-3/h6-7,9H,4-5,8,10H2,1-3H3,(H2,16,17,19). The molecule has 0 spiro atoms. The zero-order valence-electron chi connectivity index (χ0n) is 12.7. The van der Waals surface area contributed by atoms with E-state index >= 15 is 0 Å². The van der Waals surface area contributed by atoms with Gasteiger partial charge in [0, 0.05) is 13.1 Å². The number of esters is 1. The van der Waals surface area contributed by atoms with Gasteiger partial charge in [-0.2, -0.15) is 0 Å². The van der Waals surface area contributed by atoms with Gasteiger partial charge in [-0.25, -0.2) is 9.59 Å². The summed E-state index contributed by atoms with van der Waals surface area (Å²) in [6.07, 6.45) is 1.98. The summed E-state index contributed by atoms with van der Waals surface area (Å²) < 4.78 is 9.82. The molecule has 0 aliphatic heterocycles. The third kappa shape index (κ3) is 5.33. The van der Waals surface area contributed by atoms with Crippen LogP contribution < -0.4 is 15.4 Å². The number of carbonyl (C=O) groups is 2. The molecule has 2 amide bonds. The summed E-state index contributed by atoms with van der Waals surface area (Å²) in [5, 5.41) is 5.50. The van der Waals surface area contributed by atoms with Gasteiger partial charge in [-0.1, -0.05) is 19.4 Å². The maximum Gasteiger partial charge on any atom is 0.341 e. The molecule has 0 saturated heterocycles. The number of hydrogen-bond acceptors (Lipinski definition) is 4. The zero-order valence-corrected chi connectivity index (χ0v) is 12.7. The molecule has 0 bridgehead atoms. The summed E-state index contributed by atoms with van der Waals surface area (Å²) >= 11 is 0. The van der Waals surface area contributed by atoms with E-state index in [1.165, 1.54) is 14.2 Å². The Balaban J connectivity index is 2.63. The van der Waals surface area contributed by atoms with Crippen LogP contribution in [-0.2, 0) is 11.3 Å². The van der Waals surface area contributed by atoms with E-state index in [1.807, 2.05) is 0 Å². The number of nitrogens with one attached hydrogen (secondary N) is 2. The van der Waals surface area contributed by atoms with E-state index in [4.69, 9.17) is 9.47 Å². The molecule has 2 N–H and O–H groups in total. The molecule has 6 heteroatoms. The molecule has 1 aromatic rings. The van der Waals surface area contributed by atoms with E-state index in [9.17, 15) is 9.59 Å². The lowest BCUT2D eigenvalue weighted by atomic mass is 10.1. The predicted octanol–water partition coefficient (Wildman–Crippen LogP) is 2.08. The van der Waals surface area contributed by atoms with Crippen LogP contribution in [0.2, 0.25) is 0 Å². The first-order valence-electron chi connectivity index (χ1n) is 6.89. The minimum absolute atomic E-state index is 0.223. The highest BCUT2D eigenvalue weighted by Gasteiger charge is 2.13. The highest BCUT2D eigenvalue weighted by molar-refractivity contribution is 5.92. The number of ether oxygens (including phenoxy) is 2. The Hall–Kier alpha value is -2.24. The first-order chi connectivity index (χ1) is 10.1. The van der Waals surface area contributed by atoms with Crippen molar-refractivity contribution in [1.82, 2.24) is 10.6 Å². The van der Waals surface area contributed by atoms with Crippen LogP contribution in [0.3, 0.4) is 0 Å². The van der Waals surface area contributed by atoms with Crippen LogP contribution in [0.1, 0.15) is 35.7 Å². The quantitative estimate of drug-likeness (QED) is 0.596. The van der Waals surface area contributed by atoms with E-state index in [0.29, 0.717) is 24.4 Å². The maximum atomic E-state index is 11.7. The molecule has 0 aromatic heterocycles. The molecule has 0 fully saturated rings. The van der Waals surface area contributed by atoms with Crippen LogP contribution in [0, 0.1) is 0 Å². The van der Waals surface area contributed by atoms with Gasteiger partial charge in [0.25, 0.3) is 0 Å². The van der Waals surface area contributed by atoms with Crippen LogP contribution in [0.25, 0.3) is 0 Å². The van der Waals surface area contributed by atoms with E-state index < -0.39 is 5.97 Å². The Bertz CT molecular complexity index is 489. The summed E-state index contributed by atoms with van der Waals surface area (Å²) in [4.78, 5) is 23.2. The first kappa shape index (κ1) is 16.8. The predicted molar refractivity (Wildman–Crippen MR) is 79.5 cm³/mol. The molecule has 21 heavy (non-hydrogen) atoms. The lowest BCUT2D eigenvalue weighted by molar-refractivity contribution is 0.0597. The monoisotopic (exact) mass is 294 g/mol. The second kappa shape index (κ2) is 8.84. The number of urea groups is 1. The van der Waals surface area contributed by atoms with Crippen molar-refractivity contribution in [3.63, 3.8) is 0 Å². The molecule has 1 rings (SSSR count). The third-order valence-corrected chi connectivity index (χ3v) is 2.94.